The molecule has 0 aliphatic heterocycles. The van der Waals surface area contributed by atoms with E-state index in [0.717, 1.165) is 5.92 Å². The van der Waals surface area contributed by atoms with Gasteiger partial charge in [-0.3, -0.25) is 0 Å². The third-order valence-corrected chi connectivity index (χ3v) is 3.83. The fourth-order valence-corrected chi connectivity index (χ4v) is 2.58. The molecule has 2 heteroatoms. The van der Waals surface area contributed by atoms with Gasteiger partial charge in [0.2, 0.25) is 0 Å². The topological polar surface area (TPSA) is 12.0 Å². The van der Waals surface area contributed by atoms with Crippen LogP contribution in [0.2, 0.25) is 0 Å². The molecule has 0 spiro atoms. The van der Waals surface area contributed by atoms with Crippen molar-refractivity contribution in [1.29, 1.82) is 0 Å². The Balaban J connectivity index is 1.65. The van der Waals surface area contributed by atoms with Crippen molar-refractivity contribution in [2.24, 2.45) is 5.92 Å². The van der Waals surface area contributed by atoms with Crippen LogP contribution < -0.4 is 5.32 Å². The first kappa shape index (κ1) is 10.2. The third-order valence-electron chi connectivity index (χ3n) is 3.10. The van der Waals surface area contributed by atoms with Crippen LogP contribution in [-0.4, -0.2) is 12.6 Å². The van der Waals surface area contributed by atoms with E-state index in [9.17, 15) is 0 Å². The van der Waals surface area contributed by atoms with Crippen molar-refractivity contribution >= 4 is 11.3 Å². The summed E-state index contributed by atoms with van der Waals surface area (Å²) in [5.41, 5.74) is 1.48. The highest BCUT2D eigenvalue weighted by Gasteiger charge is 2.17. The molecular formula is C12H19NS. The van der Waals surface area contributed by atoms with Gasteiger partial charge in [-0.25, -0.2) is 0 Å². The van der Waals surface area contributed by atoms with Gasteiger partial charge in [0.05, 0.1) is 0 Å². The zero-order valence-corrected chi connectivity index (χ0v) is 9.65. The first-order chi connectivity index (χ1) is 6.84. The molecule has 1 atom stereocenters. The lowest BCUT2D eigenvalue weighted by Gasteiger charge is -2.27. The molecule has 0 amide bonds. The molecule has 0 bridgehead atoms. The Kier molecular flexibility index (Phi) is 3.60. The van der Waals surface area contributed by atoms with Gasteiger partial charge in [-0.2, -0.15) is 11.3 Å². The first-order valence-electron chi connectivity index (χ1n) is 5.59. The van der Waals surface area contributed by atoms with Crippen LogP contribution in [0.25, 0.3) is 0 Å². The van der Waals surface area contributed by atoms with E-state index in [1.807, 2.05) is 0 Å². The van der Waals surface area contributed by atoms with Crippen LogP contribution in [0.3, 0.4) is 0 Å². The average Bonchev–Trinajstić information content (AvgIpc) is 2.54. The second kappa shape index (κ2) is 4.94. The molecule has 1 aromatic heterocycles. The van der Waals surface area contributed by atoms with Crippen molar-refractivity contribution < 1.29 is 0 Å². The number of rotatable bonds is 5. The summed E-state index contributed by atoms with van der Waals surface area (Å²) >= 11 is 1.79. The summed E-state index contributed by atoms with van der Waals surface area (Å²) in [5, 5.41) is 8.04. The van der Waals surface area contributed by atoms with Crippen molar-refractivity contribution in [3.8, 4) is 0 Å². The molecule has 0 radical (unpaired) electrons. The smallest absolute Gasteiger partial charge is 0.00795 e. The van der Waals surface area contributed by atoms with Crippen molar-refractivity contribution in [3.05, 3.63) is 22.4 Å². The molecule has 78 valence electrons. The molecule has 1 aromatic rings. The minimum Gasteiger partial charge on any atom is -0.314 e. The quantitative estimate of drug-likeness (QED) is 0.786. The van der Waals surface area contributed by atoms with Crippen molar-refractivity contribution in [3.63, 3.8) is 0 Å². The van der Waals surface area contributed by atoms with Gasteiger partial charge in [-0.15, -0.1) is 0 Å². The van der Waals surface area contributed by atoms with Gasteiger partial charge >= 0.3 is 0 Å². The largest absolute Gasteiger partial charge is 0.314 e. The second-order valence-corrected chi connectivity index (χ2v) is 5.22. The van der Waals surface area contributed by atoms with E-state index in [4.69, 9.17) is 0 Å². The maximum atomic E-state index is 3.63. The molecule has 0 aromatic carbocycles. The molecule has 0 saturated heterocycles. The van der Waals surface area contributed by atoms with Crippen LogP contribution in [-0.2, 0) is 6.42 Å². The first-order valence-corrected chi connectivity index (χ1v) is 6.53. The predicted octanol–water partition coefficient (Wildman–Crippen LogP) is 3.07. The molecule has 1 heterocycles. The van der Waals surface area contributed by atoms with E-state index in [0.29, 0.717) is 6.04 Å². The van der Waals surface area contributed by atoms with Crippen LogP contribution in [0.1, 0.15) is 31.7 Å². The maximum Gasteiger partial charge on any atom is 0.00795 e. The Morgan fingerprint density at radius 2 is 2.43 bits per heavy atom. The molecular weight excluding hydrogens is 190 g/mol. The van der Waals surface area contributed by atoms with Crippen molar-refractivity contribution in [1.82, 2.24) is 5.32 Å². The van der Waals surface area contributed by atoms with Crippen molar-refractivity contribution in [2.75, 3.05) is 6.54 Å². The van der Waals surface area contributed by atoms with E-state index < -0.39 is 0 Å². The molecule has 1 nitrogen and oxygen atoms in total. The van der Waals surface area contributed by atoms with Gasteiger partial charge in [0.1, 0.15) is 0 Å². The van der Waals surface area contributed by atoms with Gasteiger partial charge in [-0.05, 0) is 61.0 Å². The number of hydrogen-bond acceptors (Lipinski definition) is 2. The summed E-state index contributed by atoms with van der Waals surface area (Å²) in [5.74, 6) is 0.972. The third kappa shape index (κ3) is 2.82. The Hall–Kier alpha value is -0.340. The van der Waals surface area contributed by atoms with Crippen LogP contribution in [0, 0.1) is 5.92 Å². The molecule has 1 unspecified atom stereocenters. The Morgan fingerprint density at radius 3 is 3.00 bits per heavy atom. The molecule has 1 aliphatic carbocycles. The summed E-state index contributed by atoms with van der Waals surface area (Å²) in [7, 11) is 0. The fraction of sp³-hybridized carbons (Fsp3) is 0.667. The van der Waals surface area contributed by atoms with Crippen molar-refractivity contribution in [2.45, 2.75) is 38.6 Å². The van der Waals surface area contributed by atoms with Gasteiger partial charge in [-0.1, -0.05) is 6.42 Å². The van der Waals surface area contributed by atoms with E-state index in [1.165, 1.54) is 37.8 Å². The highest BCUT2D eigenvalue weighted by molar-refractivity contribution is 7.07. The second-order valence-electron chi connectivity index (χ2n) is 4.44. The van der Waals surface area contributed by atoms with E-state index in [2.05, 4.69) is 29.1 Å². The summed E-state index contributed by atoms with van der Waals surface area (Å²) < 4.78 is 0. The zero-order valence-electron chi connectivity index (χ0n) is 8.83. The normalized spacial score (nSPS) is 19.2. The highest BCUT2D eigenvalue weighted by atomic mass is 32.1. The van der Waals surface area contributed by atoms with Gasteiger partial charge in [0, 0.05) is 6.04 Å². The van der Waals surface area contributed by atoms with E-state index in [-0.39, 0.29) is 0 Å². The minimum atomic E-state index is 0.630. The summed E-state index contributed by atoms with van der Waals surface area (Å²) in [4.78, 5) is 0. The highest BCUT2D eigenvalue weighted by Crippen LogP contribution is 2.25. The molecule has 1 saturated carbocycles. The SMILES string of the molecule is CC(Cc1ccsc1)NCC1CCC1. The number of hydrogen-bond donors (Lipinski definition) is 1. The Labute approximate surface area is 90.5 Å². The molecule has 1 N–H and O–H groups in total. The summed E-state index contributed by atoms with van der Waals surface area (Å²) in [6.07, 6.45) is 5.51. The zero-order chi connectivity index (χ0) is 9.80. The van der Waals surface area contributed by atoms with Gasteiger partial charge in [0.25, 0.3) is 0 Å². The van der Waals surface area contributed by atoms with Crippen LogP contribution in [0.5, 0.6) is 0 Å². The van der Waals surface area contributed by atoms with Gasteiger partial charge in [0.15, 0.2) is 0 Å². The Morgan fingerprint density at radius 1 is 1.57 bits per heavy atom. The van der Waals surface area contributed by atoms with E-state index in [1.54, 1.807) is 11.3 Å². The summed E-state index contributed by atoms with van der Waals surface area (Å²) in [6.45, 7) is 3.52. The lowest BCUT2D eigenvalue weighted by molar-refractivity contribution is 0.291. The minimum absolute atomic E-state index is 0.630. The molecule has 2 rings (SSSR count). The van der Waals surface area contributed by atoms with E-state index >= 15 is 0 Å². The standard InChI is InChI=1S/C12H19NS/c1-10(7-12-5-6-14-9-12)13-8-11-3-2-4-11/h5-6,9-11,13H,2-4,7-8H2,1H3. The number of nitrogens with one attached hydrogen (secondary N) is 1. The monoisotopic (exact) mass is 209 g/mol. The average molecular weight is 209 g/mol. The van der Waals surface area contributed by atoms with Crippen LogP contribution in [0.4, 0.5) is 0 Å². The lowest BCUT2D eigenvalue weighted by atomic mass is 9.85. The van der Waals surface area contributed by atoms with Gasteiger partial charge < -0.3 is 5.32 Å². The molecule has 14 heavy (non-hydrogen) atoms. The lowest BCUT2D eigenvalue weighted by Crippen LogP contribution is -2.34. The van der Waals surface area contributed by atoms with Crippen LogP contribution >= 0.6 is 11.3 Å². The predicted molar refractivity (Wildman–Crippen MR) is 62.8 cm³/mol. The van der Waals surface area contributed by atoms with Crippen LogP contribution in [0.15, 0.2) is 16.8 Å². The number of thiophene rings is 1. The molecule has 1 aliphatic rings. The summed E-state index contributed by atoms with van der Waals surface area (Å²) in [6, 6.07) is 2.86. The Bertz CT molecular complexity index is 251. The fourth-order valence-electron chi connectivity index (χ4n) is 1.90. The molecule has 1 fully saturated rings. The maximum absolute atomic E-state index is 3.63.